The molecule has 258 valence electrons. The zero-order valence-corrected chi connectivity index (χ0v) is 28.6. The molecule has 0 saturated carbocycles. The zero-order chi connectivity index (χ0) is 34.6. The van der Waals surface area contributed by atoms with Crippen LogP contribution in [0.2, 0.25) is 0 Å². The van der Waals surface area contributed by atoms with E-state index in [-0.39, 0.29) is 17.7 Å². The Bertz CT molecular complexity index is 1960. The smallest absolute Gasteiger partial charge is 0.407 e. The average molecular weight is 674 g/mol. The first-order valence-electron chi connectivity index (χ1n) is 17.4. The van der Waals surface area contributed by atoms with E-state index in [1.54, 1.807) is 0 Å². The number of ether oxygens (including phenoxy) is 2. The molecule has 10 nitrogen and oxygen atoms in total. The third kappa shape index (κ3) is 7.15. The highest BCUT2D eigenvalue weighted by molar-refractivity contribution is 5.95. The topological polar surface area (TPSA) is 110 Å². The van der Waals surface area contributed by atoms with Gasteiger partial charge in [-0.15, -0.1) is 0 Å². The second-order valence-corrected chi connectivity index (χ2v) is 13.5. The number of aromatic nitrogens is 3. The number of benzene rings is 3. The van der Waals surface area contributed by atoms with Crippen LogP contribution in [0, 0.1) is 11.8 Å². The van der Waals surface area contributed by atoms with Crippen molar-refractivity contribution in [1.82, 2.24) is 24.6 Å². The minimum Gasteiger partial charge on any atom is -0.473 e. The maximum atomic E-state index is 13.4. The van der Waals surface area contributed by atoms with Gasteiger partial charge in [0.15, 0.2) is 0 Å². The number of pyridine rings is 1. The Morgan fingerprint density at radius 3 is 2.14 bits per heavy atom. The van der Waals surface area contributed by atoms with Crippen molar-refractivity contribution in [3.63, 3.8) is 0 Å². The molecule has 2 aliphatic heterocycles. The number of likely N-dealkylation sites (tertiary alicyclic amines) is 2. The van der Waals surface area contributed by atoms with Crippen LogP contribution in [-0.2, 0) is 25.1 Å². The SMILES string of the molecule is C[C@@H]1CN(C(=O)O)CC[C@H]1C(=O)N1CCC(c2ccc3c(-c4ccc(OCc5ccccc5)nc4OCc4ccccc4)nn(C)c3c2)CC1. The van der Waals surface area contributed by atoms with E-state index in [4.69, 9.17) is 19.6 Å². The van der Waals surface area contributed by atoms with Crippen molar-refractivity contribution in [2.24, 2.45) is 18.9 Å². The van der Waals surface area contributed by atoms with Crippen LogP contribution >= 0.6 is 0 Å². The molecule has 5 aromatic rings. The molecule has 1 N–H and O–H groups in total. The molecule has 3 aromatic carbocycles. The van der Waals surface area contributed by atoms with Crippen LogP contribution in [0.3, 0.4) is 0 Å². The third-order valence-corrected chi connectivity index (χ3v) is 10.2. The summed E-state index contributed by atoms with van der Waals surface area (Å²) >= 11 is 0. The van der Waals surface area contributed by atoms with Crippen LogP contribution in [0.4, 0.5) is 4.79 Å². The summed E-state index contributed by atoms with van der Waals surface area (Å²) in [5.41, 5.74) is 5.95. The van der Waals surface area contributed by atoms with E-state index in [1.807, 2.05) is 96.3 Å². The highest BCUT2D eigenvalue weighted by Crippen LogP contribution is 2.38. The lowest BCUT2D eigenvalue weighted by atomic mass is 9.84. The molecule has 50 heavy (non-hydrogen) atoms. The number of carbonyl (C=O) groups excluding carboxylic acids is 1. The van der Waals surface area contributed by atoms with Gasteiger partial charge < -0.3 is 24.4 Å². The molecule has 0 bridgehead atoms. The summed E-state index contributed by atoms with van der Waals surface area (Å²) in [6.45, 7) is 5.00. The highest BCUT2D eigenvalue weighted by atomic mass is 16.5. The number of aryl methyl sites for hydroxylation is 1. The van der Waals surface area contributed by atoms with Gasteiger partial charge >= 0.3 is 6.09 Å². The Kier molecular flexibility index (Phi) is 9.69. The van der Waals surface area contributed by atoms with Crippen molar-refractivity contribution in [3.05, 3.63) is 108 Å². The van der Waals surface area contributed by atoms with Crippen molar-refractivity contribution in [3.8, 4) is 23.0 Å². The molecule has 2 amide bonds. The number of hydrogen-bond acceptors (Lipinski definition) is 6. The number of amides is 2. The first kappa shape index (κ1) is 33.1. The molecule has 2 atom stereocenters. The quantitative estimate of drug-likeness (QED) is 0.177. The minimum absolute atomic E-state index is 0.0176. The fourth-order valence-corrected chi connectivity index (χ4v) is 7.33. The van der Waals surface area contributed by atoms with Gasteiger partial charge in [0, 0.05) is 50.6 Å². The van der Waals surface area contributed by atoms with Crippen LogP contribution in [0.1, 0.15) is 48.8 Å². The molecule has 4 heterocycles. The normalized spacial score (nSPS) is 18.3. The van der Waals surface area contributed by atoms with Gasteiger partial charge in [0.05, 0.1) is 11.1 Å². The van der Waals surface area contributed by atoms with Crippen molar-refractivity contribution in [2.75, 3.05) is 26.2 Å². The van der Waals surface area contributed by atoms with Crippen molar-refractivity contribution in [2.45, 2.75) is 45.3 Å². The standard InChI is InChI=1S/C40H43N5O5/c1-27-24-45(40(47)48)22-19-32(27)39(46)44-20-17-30(18-21-44)31-13-14-33-35(23-31)43(2)42-37(33)34-15-16-36(49-25-28-9-5-3-6-10-28)41-38(34)50-26-29-11-7-4-8-12-29/h3-16,23,27,30,32H,17-22,24-26H2,1-2H3,(H,47,48)/t27-,32-/m1/s1. The summed E-state index contributed by atoms with van der Waals surface area (Å²) in [7, 11) is 1.96. The number of hydrogen-bond donors (Lipinski definition) is 1. The molecular formula is C40H43N5O5. The molecular weight excluding hydrogens is 630 g/mol. The van der Waals surface area contributed by atoms with Crippen LogP contribution in [0.15, 0.2) is 91.0 Å². The van der Waals surface area contributed by atoms with Crippen molar-refractivity contribution >= 4 is 22.9 Å². The lowest BCUT2D eigenvalue weighted by molar-refractivity contribution is -0.140. The fraction of sp³-hybridized carbons (Fsp3) is 0.350. The Morgan fingerprint density at radius 1 is 0.820 bits per heavy atom. The number of nitrogens with zero attached hydrogens (tertiary/aromatic N) is 5. The van der Waals surface area contributed by atoms with Gasteiger partial charge in [-0.3, -0.25) is 9.48 Å². The molecule has 2 fully saturated rings. The molecule has 2 aromatic heterocycles. The summed E-state index contributed by atoms with van der Waals surface area (Å²) in [5.74, 6) is 1.34. The predicted octanol–water partition coefficient (Wildman–Crippen LogP) is 7.14. The number of fused-ring (bicyclic) bond motifs is 1. The van der Waals surface area contributed by atoms with Gasteiger partial charge in [-0.05, 0) is 59.9 Å². The molecule has 7 rings (SSSR count). The Balaban J connectivity index is 1.08. The number of rotatable bonds is 9. The highest BCUT2D eigenvalue weighted by Gasteiger charge is 2.36. The summed E-state index contributed by atoms with van der Waals surface area (Å²) in [6, 6.07) is 30.4. The average Bonchev–Trinajstić information content (AvgIpc) is 3.48. The van der Waals surface area contributed by atoms with Crippen LogP contribution in [0.5, 0.6) is 11.8 Å². The summed E-state index contributed by atoms with van der Waals surface area (Å²) in [6.07, 6.45) is 1.45. The second-order valence-electron chi connectivity index (χ2n) is 13.5. The fourth-order valence-electron chi connectivity index (χ4n) is 7.33. The Morgan fingerprint density at radius 2 is 1.48 bits per heavy atom. The van der Waals surface area contributed by atoms with E-state index in [9.17, 15) is 14.7 Å². The first-order chi connectivity index (χ1) is 24.3. The number of carboxylic acid groups (broad SMARTS) is 1. The monoisotopic (exact) mass is 673 g/mol. The largest absolute Gasteiger partial charge is 0.473 e. The molecule has 2 saturated heterocycles. The molecule has 0 unspecified atom stereocenters. The van der Waals surface area contributed by atoms with E-state index in [0.29, 0.717) is 63.5 Å². The maximum Gasteiger partial charge on any atom is 0.407 e. The summed E-state index contributed by atoms with van der Waals surface area (Å²) < 4.78 is 14.3. The third-order valence-electron chi connectivity index (χ3n) is 10.2. The summed E-state index contributed by atoms with van der Waals surface area (Å²) in [4.78, 5) is 33.1. The van der Waals surface area contributed by atoms with Gasteiger partial charge in [0.1, 0.15) is 18.9 Å². The number of piperidine rings is 2. The predicted molar refractivity (Wildman–Crippen MR) is 191 cm³/mol. The first-order valence-corrected chi connectivity index (χ1v) is 17.4. The Labute approximate surface area is 292 Å². The summed E-state index contributed by atoms with van der Waals surface area (Å²) in [5, 5.41) is 15.3. The molecule has 0 aliphatic carbocycles. The number of carbonyl (C=O) groups is 2. The van der Waals surface area contributed by atoms with Crippen molar-refractivity contribution in [1.29, 1.82) is 0 Å². The van der Waals surface area contributed by atoms with Gasteiger partial charge in [0.25, 0.3) is 0 Å². The second kappa shape index (κ2) is 14.6. The van der Waals surface area contributed by atoms with E-state index < -0.39 is 6.09 Å². The Hall–Kier alpha value is -5.38. The molecule has 2 aliphatic rings. The van der Waals surface area contributed by atoms with Gasteiger partial charge in [0.2, 0.25) is 17.7 Å². The van der Waals surface area contributed by atoms with Crippen LogP contribution in [-0.4, -0.2) is 67.9 Å². The van der Waals surface area contributed by atoms with Crippen molar-refractivity contribution < 1.29 is 24.2 Å². The van der Waals surface area contributed by atoms with Crippen LogP contribution in [0.25, 0.3) is 22.2 Å². The van der Waals surface area contributed by atoms with Gasteiger partial charge in [-0.2, -0.15) is 10.1 Å². The molecule has 10 heteroatoms. The van der Waals surface area contributed by atoms with Crippen LogP contribution < -0.4 is 9.47 Å². The van der Waals surface area contributed by atoms with E-state index in [1.165, 1.54) is 10.5 Å². The van der Waals surface area contributed by atoms with E-state index in [2.05, 4.69) is 18.2 Å². The lowest BCUT2D eigenvalue weighted by Crippen LogP contribution is -2.49. The molecule has 0 radical (unpaired) electrons. The van der Waals surface area contributed by atoms with Gasteiger partial charge in [-0.1, -0.05) is 79.7 Å². The minimum atomic E-state index is -0.906. The van der Waals surface area contributed by atoms with Gasteiger partial charge in [-0.25, -0.2) is 4.79 Å². The zero-order valence-electron chi connectivity index (χ0n) is 28.6. The van der Waals surface area contributed by atoms with E-state index in [0.717, 1.165) is 46.1 Å². The maximum absolute atomic E-state index is 13.4. The lowest BCUT2D eigenvalue weighted by Gasteiger charge is -2.39. The molecule has 0 spiro atoms. The van der Waals surface area contributed by atoms with E-state index >= 15 is 0 Å².